The van der Waals surface area contributed by atoms with E-state index in [2.05, 4.69) is 15.9 Å². The smallest absolute Gasteiger partial charge is 0.219 e. The van der Waals surface area contributed by atoms with Crippen LogP contribution in [-0.2, 0) is 4.79 Å². The van der Waals surface area contributed by atoms with Gasteiger partial charge >= 0.3 is 0 Å². The highest BCUT2D eigenvalue weighted by molar-refractivity contribution is 9.10. The Labute approximate surface area is 228 Å². The van der Waals surface area contributed by atoms with Crippen molar-refractivity contribution < 1.29 is 18.7 Å². The van der Waals surface area contributed by atoms with Crippen molar-refractivity contribution in [3.8, 4) is 5.75 Å². The third-order valence-electron chi connectivity index (χ3n) is 7.25. The number of hydrogen-bond donors (Lipinski definition) is 0. The van der Waals surface area contributed by atoms with Gasteiger partial charge in [0, 0.05) is 49.3 Å². The fraction of sp³-hybridized carbons (Fsp3) is 0.345. The number of ether oxygens (including phenoxy) is 1. The quantitative estimate of drug-likeness (QED) is 0.295. The fourth-order valence-electron chi connectivity index (χ4n) is 5.21. The first-order valence-corrected chi connectivity index (χ1v) is 13.4. The molecular weight excluding hydrogens is 553 g/mol. The lowest BCUT2D eigenvalue weighted by molar-refractivity contribution is -0.131. The number of benzene rings is 2. The van der Waals surface area contributed by atoms with Gasteiger partial charge in [0.15, 0.2) is 17.3 Å². The number of pyridine rings is 1. The lowest BCUT2D eigenvalue weighted by Gasteiger charge is -2.41. The molecule has 198 valence electrons. The molecule has 2 aliphatic rings. The first kappa shape index (κ1) is 26.2. The van der Waals surface area contributed by atoms with Gasteiger partial charge in [-0.2, -0.15) is 0 Å². The minimum Gasteiger partial charge on any atom is -0.492 e. The van der Waals surface area contributed by atoms with E-state index in [0.717, 1.165) is 22.9 Å². The van der Waals surface area contributed by atoms with Crippen LogP contribution in [0, 0.1) is 5.82 Å². The summed E-state index contributed by atoms with van der Waals surface area (Å²) in [6.07, 6.45) is 6.42. The first-order chi connectivity index (χ1) is 18.2. The second-order valence-corrected chi connectivity index (χ2v) is 10.8. The van der Waals surface area contributed by atoms with Crippen molar-refractivity contribution in [1.82, 2.24) is 9.47 Å². The van der Waals surface area contributed by atoms with Crippen LogP contribution >= 0.6 is 15.9 Å². The van der Waals surface area contributed by atoms with Crippen molar-refractivity contribution in [3.63, 3.8) is 0 Å². The molecule has 3 aromatic rings. The van der Waals surface area contributed by atoms with Gasteiger partial charge in [-0.25, -0.2) is 4.39 Å². The Morgan fingerprint density at radius 2 is 1.87 bits per heavy atom. The SMILES string of the molecule is COc1c(N2CCN(C(C)=O)C(C)C2)c(F)cc2c(=O)c(C(=O)/C=C/c3ccc(Br)cc3)cn(C3CC3)c12. The summed E-state index contributed by atoms with van der Waals surface area (Å²) >= 11 is 3.39. The molecule has 2 heterocycles. The lowest BCUT2D eigenvalue weighted by atomic mass is 10.0. The number of carbonyl (C=O) groups is 2. The van der Waals surface area contributed by atoms with E-state index < -0.39 is 17.0 Å². The van der Waals surface area contributed by atoms with Crippen LogP contribution in [0.3, 0.4) is 0 Å². The molecular formula is C29H29BrFN3O4. The number of carbonyl (C=O) groups excluding carboxylic acids is 2. The maximum absolute atomic E-state index is 15.7. The summed E-state index contributed by atoms with van der Waals surface area (Å²) in [6.45, 7) is 4.80. The van der Waals surface area contributed by atoms with E-state index in [-0.39, 0.29) is 40.4 Å². The van der Waals surface area contributed by atoms with E-state index in [0.29, 0.717) is 25.2 Å². The van der Waals surface area contributed by atoms with Crippen LogP contribution in [0.2, 0.25) is 0 Å². The summed E-state index contributed by atoms with van der Waals surface area (Å²) in [5.74, 6) is -0.770. The standard InChI is InChI=1S/C29H29BrFN3O4/c1-17-15-32(12-13-33(17)18(2)35)27-24(31)14-22-26(29(27)38-3)34(21-9-10-21)16-23(28(22)37)25(36)11-6-19-4-7-20(30)8-5-19/h4-8,11,14,16-17,21H,9-10,12-13,15H2,1-3H3/b11-6+. The maximum atomic E-state index is 15.7. The Balaban J connectivity index is 1.60. The summed E-state index contributed by atoms with van der Waals surface area (Å²) in [7, 11) is 1.47. The van der Waals surface area contributed by atoms with Crippen molar-refractivity contribution in [2.45, 2.75) is 38.8 Å². The highest BCUT2D eigenvalue weighted by Crippen LogP contribution is 2.44. The summed E-state index contributed by atoms with van der Waals surface area (Å²) in [6, 6.07) is 8.67. The van der Waals surface area contributed by atoms with Crippen LogP contribution in [-0.4, -0.2) is 53.9 Å². The summed E-state index contributed by atoms with van der Waals surface area (Å²) < 4.78 is 24.3. The normalized spacial score (nSPS) is 17.9. The number of allylic oxidation sites excluding steroid dienone is 1. The van der Waals surface area contributed by atoms with E-state index in [4.69, 9.17) is 4.74 Å². The van der Waals surface area contributed by atoms with Crippen molar-refractivity contribution >= 4 is 50.3 Å². The van der Waals surface area contributed by atoms with Crippen LogP contribution in [0.4, 0.5) is 10.1 Å². The molecule has 1 aliphatic heterocycles. The molecule has 1 aromatic heterocycles. The van der Waals surface area contributed by atoms with Gasteiger partial charge in [-0.15, -0.1) is 0 Å². The maximum Gasteiger partial charge on any atom is 0.219 e. The molecule has 38 heavy (non-hydrogen) atoms. The molecule has 5 rings (SSSR count). The lowest BCUT2D eigenvalue weighted by Crippen LogP contribution is -2.53. The number of nitrogens with zero attached hydrogens (tertiary/aromatic N) is 3. The summed E-state index contributed by atoms with van der Waals surface area (Å²) in [5, 5.41) is 0.119. The number of anilines is 1. The molecule has 2 aromatic carbocycles. The number of fused-ring (bicyclic) bond motifs is 1. The Hall–Kier alpha value is -3.46. The van der Waals surface area contributed by atoms with Crippen LogP contribution < -0.4 is 15.1 Å². The predicted octanol–water partition coefficient (Wildman–Crippen LogP) is 5.20. The van der Waals surface area contributed by atoms with Crippen LogP contribution in [0.1, 0.15) is 48.7 Å². The van der Waals surface area contributed by atoms with Gasteiger partial charge in [0.1, 0.15) is 5.69 Å². The van der Waals surface area contributed by atoms with Gasteiger partial charge in [0.05, 0.1) is 23.6 Å². The van der Waals surface area contributed by atoms with Gasteiger partial charge < -0.3 is 19.1 Å². The Kier molecular flexibility index (Phi) is 7.13. The minimum atomic E-state index is -0.590. The molecule has 1 unspecified atom stereocenters. The van der Waals surface area contributed by atoms with Crippen molar-refractivity contribution in [1.29, 1.82) is 0 Å². The Morgan fingerprint density at radius 3 is 2.47 bits per heavy atom. The van der Waals surface area contributed by atoms with Gasteiger partial charge in [0.2, 0.25) is 11.3 Å². The van der Waals surface area contributed by atoms with Crippen LogP contribution in [0.5, 0.6) is 5.75 Å². The predicted molar refractivity (Wildman–Crippen MR) is 150 cm³/mol. The molecule has 1 atom stereocenters. The number of amides is 1. The molecule has 2 fully saturated rings. The fourth-order valence-corrected chi connectivity index (χ4v) is 5.48. The monoisotopic (exact) mass is 581 g/mol. The Morgan fingerprint density at radius 1 is 1.16 bits per heavy atom. The van der Waals surface area contributed by atoms with Crippen LogP contribution in [0.25, 0.3) is 17.0 Å². The molecule has 0 N–H and O–H groups in total. The van der Waals surface area contributed by atoms with Crippen LogP contribution in [0.15, 0.2) is 51.9 Å². The van der Waals surface area contributed by atoms with Gasteiger partial charge in [-0.3, -0.25) is 14.4 Å². The number of methoxy groups -OCH3 is 1. The van der Waals surface area contributed by atoms with E-state index in [1.165, 1.54) is 26.2 Å². The number of aromatic nitrogens is 1. The molecule has 0 spiro atoms. The van der Waals surface area contributed by atoms with Gasteiger partial charge in [0.25, 0.3) is 0 Å². The molecule has 7 nitrogen and oxygen atoms in total. The molecule has 1 saturated heterocycles. The number of rotatable bonds is 6. The second kappa shape index (κ2) is 10.4. The number of halogens is 2. The minimum absolute atomic E-state index is 0.00402. The number of ketones is 1. The van der Waals surface area contributed by atoms with Crippen molar-refractivity contribution in [2.24, 2.45) is 0 Å². The van der Waals surface area contributed by atoms with E-state index in [1.54, 1.807) is 17.2 Å². The van der Waals surface area contributed by atoms with Crippen molar-refractivity contribution in [2.75, 3.05) is 31.6 Å². The third kappa shape index (κ3) is 4.87. The zero-order valence-electron chi connectivity index (χ0n) is 21.5. The number of piperazine rings is 1. The molecule has 1 amide bonds. The zero-order valence-corrected chi connectivity index (χ0v) is 23.1. The van der Waals surface area contributed by atoms with E-state index in [1.807, 2.05) is 40.7 Å². The van der Waals surface area contributed by atoms with Gasteiger partial charge in [-0.05, 0) is 49.6 Å². The molecule has 9 heteroatoms. The topological polar surface area (TPSA) is 71.8 Å². The highest BCUT2D eigenvalue weighted by atomic mass is 79.9. The molecule has 1 saturated carbocycles. The highest BCUT2D eigenvalue weighted by Gasteiger charge is 2.33. The average molecular weight is 582 g/mol. The van der Waals surface area contributed by atoms with E-state index in [9.17, 15) is 14.4 Å². The average Bonchev–Trinajstić information content (AvgIpc) is 3.73. The molecule has 1 aliphatic carbocycles. The van der Waals surface area contributed by atoms with E-state index >= 15 is 4.39 Å². The largest absolute Gasteiger partial charge is 0.492 e. The molecule has 0 radical (unpaired) electrons. The van der Waals surface area contributed by atoms with Crippen molar-refractivity contribution in [3.05, 3.63) is 74.2 Å². The second-order valence-electron chi connectivity index (χ2n) is 9.90. The first-order valence-electron chi connectivity index (χ1n) is 12.6. The summed E-state index contributed by atoms with van der Waals surface area (Å²) in [4.78, 5) is 42.3. The third-order valence-corrected chi connectivity index (χ3v) is 7.78. The summed E-state index contributed by atoms with van der Waals surface area (Å²) in [5.41, 5.74) is 1.06. The van der Waals surface area contributed by atoms with Gasteiger partial charge in [-0.1, -0.05) is 34.1 Å². The molecule has 0 bridgehead atoms. The Bertz CT molecular complexity index is 1510. The zero-order chi connectivity index (χ0) is 27.1. The number of hydrogen-bond acceptors (Lipinski definition) is 5.